The number of nitrogens with zero attached hydrogens (tertiary/aromatic N) is 5. The number of anilines is 1. The molecule has 0 unspecified atom stereocenters. The van der Waals surface area contributed by atoms with Crippen molar-refractivity contribution < 1.29 is 19.1 Å². The van der Waals surface area contributed by atoms with E-state index in [1.807, 2.05) is 13.8 Å². The Kier molecular flexibility index (Phi) is 6.02. The molecule has 0 atom stereocenters. The molecular weight excluding hydrogens is 412 g/mol. The van der Waals surface area contributed by atoms with Crippen LogP contribution in [0.5, 0.6) is 17.6 Å². The van der Waals surface area contributed by atoms with E-state index in [2.05, 4.69) is 20.4 Å². The highest BCUT2D eigenvalue weighted by Crippen LogP contribution is 2.24. The van der Waals surface area contributed by atoms with Gasteiger partial charge in [-0.05, 0) is 26.3 Å². The molecule has 0 radical (unpaired) electrons. The molecule has 10 heteroatoms. The maximum Gasteiger partial charge on any atom is 0.257 e. The Morgan fingerprint density at radius 1 is 1.06 bits per heavy atom. The summed E-state index contributed by atoms with van der Waals surface area (Å²) < 4.78 is 13.0. The monoisotopic (exact) mass is 436 g/mol. The third-order valence-corrected chi connectivity index (χ3v) is 4.69. The maximum atomic E-state index is 12.7. The second-order valence-corrected chi connectivity index (χ2v) is 7.66. The quantitative estimate of drug-likeness (QED) is 0.606. The van der Waals surface area contributed by atoms with Crippen molar-refractivity contribution in [3.63, 3.8) is 0 Å². The SMILES string of the molecule is CC(C)Oc1cc(C(=O)Nc2ccn(C)n2)cc(Oc2ccc(C(=O)N3CCC3)cn2)n1. The highest BCUT2D eigenvalue weighted by atomic mass is 16.5. The predicted octanol–water partition coefficient (Wildman–Crippen LogP) is 2.89. The molecular formula is C22H24N6O4. The Morgan fingerprint density at radius 2 is 1.84 bits per heavy atom. The van der Waals surface area contributed by atoms with Crippen LogP contribution in [0.4, 0.5) is 5.82 Å². The molecule has 1 fully saturated rings. The zero-order chi connectivity index (χ0) is 22.7. The lowest BCUT2D eigenvalue weighted by Gasteiger charge is -2.30. The Balaban J connectivity index is 1.53. The van der Waals surface area contributed by atoms with Crippen molar-refractivity contribution in [2.45, 2.75) is 26.4 Å². The summed E-state index contributed by atoms with van der Waals surface area (Å²) in [5, 5.41) is 6.87. The van der Waals surface area contributed by atoms with Crippen molar-refractivity contribution >= 4 is 17.6 Å². The van der Waals surface area contributed by atoms with E-state index >= 15 is 0 Å². The first-order valence-corrected chi connectivity index (χ1v) is 10.3. The number of amides is 2. The van der Waals surface area contributed by atoms with E-state index in [1.54, 1.807) is 41.0 Å². The van der Waals surface area contributed by atoms with Gasteiger partial charge < -0.3 is 19.7 Å². The second kappa shape index (κ2) is 9.04. The Bertz CT molecular complexity index is 1120. The highest BCUT2D eigenvalue weighted by Gasteiger charge is 2.22. The molecule has 10 nitrogen and oxygen atoms in total. The summed E-state index contributed by atoms with van der Waals surface area (Å²) in [4.78, 5) is 35.3. The predicted molar refractivity (Wildman–Crippen MR) is 116 cm³/mol. The molecule has 1 saturated heterocycles. The number of aromatic nitrogens is 4. The second-order valence-electron chi connectivity index (χ2n) is 7.66. The minimum atomic E-state index is -0.381. The maximum absolute atomic E-state index is 12.7. The number of carbonyl (C=O) groups excluding carboxylic acids is 2. The van der Waals surface area contributed by atoms with E-state index < -0.39 is 0 Å². The van der Waals surface area contributed by atoms with Crippen LogP contribution in [0.3, 0.4) is 0 Å². The first-order valence-electron chi connectivity index (χ1n) is 10.3. The molecule has 3 aromatic heterocycles. The van der Waals surface area contributed by atoms with Crippen LogP contribution >= 0.6 is 0 Å². The fourth-order valence-corrected chi connectivity index (χ4v) is 3.01. The summed E-state index contributed by atoms with van der Waals surface area (Å²) in [6.07, 6.45) is 4.08. The van der Waals surface area contributed by atoms with E-state index in [0.29, 0.717) is 16.9 Å². The van der Waals surface area contributed by atoms with Crippen molar-refractivity contribution in [1.29, 1.82) is 0 Å². The summed E-state index contributed by atoms with van der Waals surface area (Å²) in [5.41, 5.74) is 0.790. The molecule has 1 aliphatic heterocycles. The summed E-state index contributed by atoms with van der Waals surface area (Å²) in [5.74, 6) is 0.627. The van der Waals surface area contributed by atoms with Gasteiger partial charge in [0.25, 0.3) is 11.8 Å². The minimum Gasteiger partial charge on any atom is -0.475 e. The smallest absolute Gasteiger partial charge is 0.257 e. The summed E-state index contributed by atoms with van der Waals surface area (Å²) in [6.45, 7) is 5.26. The standard InChI is InChI=1S/C22H24N6O4/c1-14(2)31-19-11-16(21(29)24-17-7-10-27(3)26-17)12-20(25-19)32-18-6-5-15(13-23-18)22(30)28-8-4-9-28/h5-7,10-14H,4,8-9H2,1-3H3,(H,24,26,29). The third kappa shape index (κ3) is 5.02. The zero-order valence-corrected chi connectivity index (χ0v) is 18.1. The first kappa shape index (κ1) is 21.3. The van der Waals surface area contributed by atoms with Gasteiger partial charge in [-0.15, -0.1) is 0 Å². The molecule has 4 heterocycles. The van der Waals surface area contributed by atoms with Crippen molar-refractivity contribution in [1.82, 2.24) is 24.6 Å². The largest absolute Gasteiger partial charge is 0.475 e. The number of aryl methyl sites for hydroxylation is 1. The molecule has 4 rings (SSSR count). The van der Waals surface area contributed by atoms with Crippen LogP contribution in [0.25, 0.3) is 0 Å². The summed E-state index contributed by atoms with van der Waals surface area (Å²) in [7, 11) is 1.76. The van der Waals surface area contributed by atoms with Crippen LogP contribution in [0.2, 0.25) is 0 Å². The van der Waals surface area contributed by atoms with Gasteiger partial charge in [0.2, 0.25) is 17.6 Å². The van der Waals surface area contributed by atoms with Gasteiger partial charge in [-0.25, -0.2) is 4.98 Å². The van der Waals surface area contributed by atoms with Gasteiger partial charge in [-0.2, -0.15) is 10.1 Å². The lowest BCUT2D eigenvalue weighted by molar-refractivity contribution is 0.0651. The number of hydrogen-bond acceptors (Lipinski definition) is 7. The first-order chi connectivity index (χ1) is 15.4. The van der Waals surface area contributed by atoms with Crippen LogP contribution in [-0.2, 0) is 7.05 Å². The zero-order valence-electron chi connectivity index (χ0n) is 18.1. The van der Waals surface area contributed by atoms with Crippen molar-refractivity contribution in [2.75, 3.05) is 18.4 Å². The van der Waals surface area contributed by atoms with Gasteiger partial charge in [-0.3, -0.25) is 14.3 Å². The molecule has 1 aliphatic rings. The van der Waals surface area contributed by atoms with E-state index in [1.165, 1.54) is 18.3 Å². The Morgan fingerprint density at radius 3 is 2.44 bits per heavy atom. The van der Waals surface area contributed by atoms with Crippen LogP contribution in [0.1, 0.15) is 41.0 Å². The van der Waals surface area contributed by atoms with Gasteiger partial charge in [0.05, 0.1) is 17.2 Å². The Hall–Kier alpha value is -3.95. The van der Waals surface area contributed by atoms with Gasteiger partial charge >= 0.3 is 0 Å². The summed E-state index contributed by atoms with van der Waals surface area (Å²) >= 11 is 0. The van der Waals surface area contributed by atoms with E-state index in [0.717, 1.165) is 19.5 Å². The van der Waals surface area contributed by atoms with Crippen molar-refractivity contribution in [3.05, 3.63) is 53.9 Å². The lowest BCUT2D eigenvalue weighted by Crippen LogP contribution is -2.42. The number of ether oxygens (including phenoxy) is 2. The van der Waals surface area contributed by atoms with E-state index in [4.69, 9.17) is 9.47 Å². The normalized spacial score (nSPS) is 12.9. The van der Waals surface area contributed by atoms with Crippen molar-refractivity contribution in [3.8, 4) is 17.6 Å². The number of hydrogen-bond donors (Lipinski definition) is 1. The van der Waals surface area contributed by atoms with Gasteiger partial charge in [0.15, 0.2) is 5.82 Å². The number of carbonyl (C=O) groups is 2. The fourth-order valence-electron chi connectivity index (χ4n) is 3.01. The molecule has 166 valence electrons. The molecule has 0 spiro atoms. The number of rotatable bonds is 7. The van der Waals surface area contributed by atoms with Crippen molar-refractivity contribution in [2.24, 2.45) is 7.05 Å². The average molecular weight is 436 g/mol. The Labute approximate surface area is 185 Å². The molecule has 0 bridgehead atoms. The van der Waals surface area contributed by atoms with Gasteiger partial charge in [0.1, 0.15) is 0 Å². The summed E-state index contributed by atoms with van der Waals surface area (Å²) in [6, 6.07) is 7.97. The van der Waals surface area contributed by atoms with E-state index in [-0.39, 0.29) is 35.6 Å². The topological polar surface area (TPSA) is 111 Å². The number of likely N-dealkylation sites (tertiary alicyclic amines) is 1. The van der Waals surface area contributed by atoms with Crippen LogP contribution in [-0.4, -0.2) is 55.7 Å². The van der Waals surface area contributed by atoms with Gasteiger partial charge in [-0.1, -0.05) is 0 Å². The fraction of sp³-hybridized carbons (Fsp3) is 0.318. The molecule has 0 aliphatic carbocycles. The molecule has 0 aromatic carbocycles. The molecule has 1 N–H and O–H groups in total. The van der Waals surface area contributed by atoms with Crippen LogP contribution in [0, 0.1) is 0 Å². The minimum absolute atomic E-state index is 0.0470. The molecule has 0 saturated carbocycles. The average Bonchev–Trinajstić information content (AvgIpc) is 3.11. The molecule has 2 amide bonds. The highest BCUT2D eigenvalue weighted by molar-refractivity contribution is 6.04. The molecule has 32 heavy (non-hydrogen) atoms. The van der Waals surface area contributed by atoms with E-state index in [9.17, 15) is 9.59 Å². The van der Waals surface area contributed by atoms with Crippen LogP contribution < -0.4 is 14.8 Å². The lowest BCUT2D eigenvalue weighted by atomic mass is 10.1. The third-order valence-electron chi connectivity index (χ3n) is 4.69. The number of pyridine rings is 2. The number of nitrogens with one attached hydrogen (secondary N) is 1. The van der Waals surface area contributed by atoms with Gasteiger partial charge in [0, 0.05) is 56.8 Å². The molecule has 3 aromatic rings. The van der Waals surface area contributed by atoms with Crippen LogP contribution in [0.15, 0.2) is 42.7 Å².